The molecule has 0 aliphatic carbocycles. The molecule has 78 valence electrons. The zero-order valence-electron chi connectivity index (χ0n) is 8.41. The maximum atomic E-state index is 11.6. The summed E-state index contributed by atoms with van der Waals surface area (Å²) in [4.78, 5) is 12.4. The molecule has 1 atom stereocenters. The van der Waals surface area contributed by atoms with Crippen molar-refractivity contribution in [3.63, 3.8) is 0 Å². The molecule has 0 saturated carbocycles. The van der Waals surface area contributed by atoms with Gasteiger partial charge in [-0.05, 0) is 37.3 Å². The van der Waals surface area contributed by atoms with Gasteiger partial charge in [0.05, 0.1) is 4.88 Å². The summed E-state index contributed by atoms with van der Waals surface area (Å²) in [7, 11) is 0. The molecule has 0 spiro atoms. The number of carbonyl (C=O) groups excluding carboxylic acids is 1. The standard InChI is InChI=1S/C10H15NO2S/c1-7-4-6-14-9(7)10(13)11-8(2)3-5-12/h4,6,8,12H,3,5H2,1-2H3,(H,11,13). The Morgan fingerprint density at radius 3 is 2.93 bits per heavy atom. The van der Waals surface area contributed by atoms with Crippen LogP contribution >= 0.6 is 11.3 Å². The number of aliphatic hydroxyl groups is 1. The van der Waals surface area contributed by atoms with Crippen LogP contribution < -0.4 is 5.32 Å². The van der Waals surface area contributed by atoms with Crippen LogP contribution in [0.3, 0.4) is 0 Å². The first-order valence-electron chi connectivity index (χ1n) is 4.61. The highest BCUT2D eigenvalue weighted by molar-refractivity contribution is 7.12. The van der Waals surface area contributed by atoms with Crippen molar-refractivity contribution in [2.24, 2.45) is 0 Å². The van der Waals surface area contributed by atoms with E-state index < -0.39 is 0 Å². The van der Waals surface area contributed by atoms with Gasteiger partial charge in [-0.2, -0.15) is 0 Å². The Morgan fingerprint density at radius 1 is 1.71 bits per heavy atom. The second kappa shape index (κ2) is 5.12. The van der Waals surface area contributed by atoms with Gasteiger partial charge in [-0.3, -0.25) is 4.79 Å². The SMILES string of the molecule is Cc1ccsc1C(=O)NC(C)CCO. The fourth-order valence-corrected chi connectivity index (χ4v) is 1.99. The van der Waals surface area contributed by atoms with E-state index in [1.54, 1.807) is 0 Å². The summed E-state index contributed by atoms with van der Waals surface area (Å²) in [5.41, 5.74) is 1.00. The normalized spacial score (nSPS) is 12.5. The number of aryl methyl sites for hydroxylation is 1. The predicted octanol–water partition coefficient (Wildman–Crippen LogP) is 1.56. The molecular weight excluding hydrogens is 198 g/mol. The maximum Gasteiger partial charge on any atom is 0.261 e. The van der Waals surface area contributed by atoms with Gasteiger partial charge in [0.2, 0.25) is 0 Å². The van der Waals surface area contributed by atoms with Crippen molar-refractivity contribution in [1.82, 2.24) is 5.32 Å². The second-order valence-electron chi connectivity index (χ2n) is 3.32. The topological polar surface area (TPSA) is 49.3 Å². The third kappa shape index (κ3) is 2.82. The average molecular weight is 213 g/mol. The molecule has 0 aliphatic heterocycles. The van der Waals surface area contributed by atoms with Crippen molar-refractivity contribution in [1.29, 1.82) is 0 Å². The van der Waals surface area contributed by atoms with Crippen molar-refractivity contribution in [2.45, 2.75) is 26.3 Å². The Bertz CT molecular complexity index is 309. The Hall–Kier alpha value is -0.870. The molecule has 0 bridgehead atoms. The molecule has 3 nitrogen and oxygen atoms in total. The van der Waals surface area contributed by atoms with Gasteiger partial charge in [-0.1, -0.05) is 0 Å². The lowest BCUT2D eigenvalue weighted by molar-refractivity contribution is 0.0938. The molecule has 1 aromatic heterocycles. The van der Waals surface area contributed by atoms with Crippen molar-refractivity contribution in [2.75, 3.05) is 6.61 Å². The Balaban J connectivity index is 2.55. The molecule has 1 aromatic rings. The molecule has 0 fully saturated rings. The Labute approximate surface area is 87.8 Å². The number of hydrogen-bond donors (Lipinski definition) is 2. The Morgan fingerprint density at radius 2 is 2.43 bits per heavy atom. The number of aliphatic hydroxyl groups excluding tert-OH is 1. The van der Waals surface area contributed by atoms with Crippen LogP contribution in [0.4, 0.5) is 0 Å². The van der Waals surface area contributed by atoms with E-state index in [-0.39, 0.29) is 18.6 Å². The summed E-state index contributed by atoms with van der Waals surface area (Å²) >= 11 is 1.44. The number of nitrogens with one attached hydrogen (secondary N) is 1. The van der Waals surface area contributed by atoms with Crippen LogP contribution in [0, 0.1) is 6.92 Å². The minimum atomic E-state index is -0.0431. The lowest BCUT2D eigenvalue weighted by atomic mass is 10.2. The highest BCUT2D eigenvalue weighted by Gasteiger charge is 2.12. The second-order valence-corrected chi connectivity index (χ2v) is 4.24. The number of amides is 1. The largest absolute Gasteiger partial charge is 0.396 e. The number of hydrogen-bond acceptors (Lipinski definition) is 3. The molecule has 2 N–H and O–H groups in total. The van der Waals surface area contributed by atoms with Gasteiger partial charge in [0.25, 0.3) is 5.91 Å². The molecule has 1 rings (SSSR count). The van der Waals surface area contributed by atoms with E-state index in [9.17, 15) is 4.79 Å². The Kier molecular flexibility index (Phi) is 4.10. The van der Waals surface area contributed by atoms with Gasteiger partial charge < -0.3 is 10.4 Å². The quantitative estimate of drug-likeness (QED) is 0.797. The monoisotopic (exact) mass is 213 g/mol. The molecule has 4 heteroatoms. The molecule has 14 heavy (non-hydrogen) atoms. The van der Waals surface area contributed by atoms with E-state index in [1.165, 1.54) is 11.3 Å². The smallest absolute Gasteiger partial charge is 0.261 e. The highest BCUT2D eigenvalue weighted by atomic mass is 32.1. The van der Waals surface area contributed by atoms with E-state index in [2.05, 4.69) is 5.32 Å². The van der Waals surface area contributed by atoms with E-state index in [1.807, 2.05) is 25.3 Å². The minimum Gasteiger partial charge on any atom is -0.396 e. The summed E-state index contributed by atoms with van der Waals surface area (Å²) in [5.74, 6) is -0.0431. The maximum absolute atomic E-state index is 11.6. The van der Waals surface area contributed by atoms with Crippen molar-refractivity contribution in [3.8, 4) is 0 Å². The van der Waals surface area contributed by atoms with Gasteiger partial charge in [-0.25, -0.2) is 0 Å². The van der Waals surface area contributed by atoms with E-state index >= 15 is 0 Å². The third-order valence-electron chi connectivity index (χ3n) is 2.01. The highest BCUT2D eigenvalue weighted by Crippen LogP contribution is 2.15. The fourth-order valence-electron chi connectivity index (χ4n) is 1.16. The van der Waals surface area contributed by atoms with Crippen LogP contribution in [0.15, 0.2) is 11.4 Å². The average Bonchev–Trinajstić information content (AvgIpc) is 2.51. The van der Waals surface area contributed by atoms with Crippen LogP contribution in [-0.2, 0) is 0 Å². The molecular formula is C10H15NO2S. The molecule has 0 radical (unpaired) electrons. The number of carbonyl (C=O) groups is 1. The van der Waals surface area contributed by atoms with Crippen molar-refractivity contribution >= 4 is 17.2 Å². The van der Waals surface area contributed by atoms with Crippen LogP contribution in [0.2, 0.25) is 0 Å². The van der Waals surface area contributed by atoms with Gasteiger partial charge in [0.1, 0.15) is 0 Å². The summed E-state index contributed by atoms with van der Waals surface area (Å²) < 4.78 is 0. The van der Waals surface area contributed by atoms with E-state index in [0.29, 0.717) is 6.42 Å². The van der Waals surface area contributed by atoms with Gasteiger partial charge >= 0.3 is 0 Å². The van der Waals surface area contributed by atoms with E-state index in [0.717, 1.165) is 10.4 Å². The summed E-state index contributed by atoms with van der Waals surface area (Å²) in [6.45, 7) is 3.91. The summed E-state index contributed by atoms with van der Waals surface area (Å²) in [6, 6.07) is 1.95. The van der Waals surface area contributed by atoms with Crippen LogP contribution in [0.5, 0.6) is 0 Å². The lowest BCUT2D eigenvalue weighted by Gasteiger charge is -2.11. The molecule has 1 heterocycles. The zero-order valence-corrected chi connectivity index (χ0v) is 9.23. The number of rotatable bonds is 4. The van der Waals surface area contributed by atoms with Gasteiger partial charge in [0, 0.05) is 12.6 Å². The van der Waals surface area contributed by atoms with Crippen molar-refractivity contribution < 1.29 is 9.90 Å². The van der Waals surface area contributed by atoms with Crippen LogP contribution in [0.25, 0.3) is 0 Å². The first kappa shape index (κ1) is 11.2. The minimum absolute atomic E-state index is 0.0222. The first-order chi connectivity index (χ1) is 6.65. The summed E-state index contributed by atoms with van der Waals surface area (Å²) in [6.07, 6.45) is 0.593. The van der Waals surface area contributed by atoms with Gasteiger partial charge in [0.15, 0.2) is 0 Å². The first-order valence-corrected chi connectivity index (χ1v) is 5.49. The molecule has 1 unspecified atom stereocenters. The molecule has 0 saturated heterocycles. The predicted molar refractivity (Wildman–Crippen MR) is 57.7 cm³/mol. The third-order valence-corrected chi connectivity index (χ3v) is 3.02. The zero-order chi connectivity index (χ0) is 10.6. The van der Waals surface area contributed by atoms with Crippen LogP contribution in [0.1, 0.15) is 28.6 Å². The fraction of sp³-hybridized carbons (Fsp3) is 0.500. The van der Waals surface area contributed by atoms with E-state index in [4.69, 9.17) is 5.11 Å². The molecule has 1 amide bonds. The molecule has 0 aliphatic rings. The molecule has 0 aromatic carbocycles. The van der Waals surface area contributed by atoms with Gasteiger partial charge in [-0.15, -0.1) is 11.3 Å². The number of thiophene rings is 1. The summed E-state index contributed by atoms with van der Waals surface area (Å²) in [5, 5.41) is 13.4. The lowest BCUT2D eigenvalue weighted by Crippen LogP contribution is -2.32. The van der Waals surface area contributed by atoms with Crippen molar-refractivity contribution in [3.05, 3.63) is 21.9 Å². The van der Waals surface area contributed by atoms with Crippen LogP contribution in [-0.4, -0.2) is 23.7 Å².